The molecular weight excluding hydrogens is 538 g/mol. The Morgan fingerprint density at radius 2 is 0.786 bits per heavy atom. The lowest BCUT2D eigenvalue weighted by Crippen LogP contribution is -2.52. The number of rotatable bonds is 4. The molecule has 4 aromatic carbocycles. The van der Waals surface area contributed by atoms with E-state index in [-0.39, 0.29) is 33.6 Å². The second-order valence-corrected chi connectivity index (χ2v) is 9.60. The molecule has 0 fully saturated rings. The fourth-order valence-corrected chi connectivity index (χ4v) is 5.27. The quantitative estimate of drug-likeness (QED) is 0.324. The largest absolute Gasteiger partial charge is 0.288 e. The summed E-state index contributed by atoms with van der Waals surface area (Å²) < 4.78 is 0. The van der Waals surface area contributed by atoms with E-state index in [1.165, 1.54) is 18.2 Å². The second-order valence-electron chi connectivity index (χ2n) is 9.60. The molecule has 1 aromatic heterocycles. The van der Waals surface area contributed by atoms with Crippen LogP contribution in [0.3, 0.4) is 0 Å². The van der Waals surface area contributed by atoms with Crippen LogP contribution in [0.1, 0.15) is 62.4 Å². The Labute approximate surface area is 236 Å². The van der Waals surface area contributed by atoms with Gasteiger partial charge in [0.05, 0.1) is 22.3 Å². The van der Waals surface area contributed by atoms with Gasteiger partial charge in [0.15, 0.2) is 0 Å². The molecular formula is C31H17N5O6. The number of hydrazine groups is 2. The van der Waals surface area contributed by atoms with Gasteiger partial charge >= 0.3 is 0 Å². The molecule has 11 heteroatoms. The molecule has 0 saturated heterocycles. The Hall–Kier alpha value is -6.23. The zero-order chi connectivity index (χ0) is 29.1. The third-order valence-corrected chi connectivity index (χ3v) is 7.18. The second kappa shape index (κ2) is 9.17. The number of pyridine rings is 1. The minimum absolute atomic E-state index is 0.247. The number of nitrogens with zero attached hydrogens (tertiary/aromatic N) is 3. The van der Waals surface area contributed by atoms with Crippen molar-refractivity contribution in [2.75, 3.05) is 0 Å². The summed E-state index contributed by atoms with van der Waals surface area (Å²) in [6.45, 7) is 0. The lowest BCUT2D eigenvalue weighted by molar-refractivity contribution is 0.0475. The topological polar surface area (TPSA) is 146 Å². The fourth-order valence-electron chi connectivity index (χ4n) is 5.27. The molecule has 0 atom stereocenters. The third kappa shape index (κ3) is 3.64. The van der Waals surface area contributed by atoms with Crippen LogP contribution in [-0.4, -0.2) is 50.4 Å². The summed E-state index contributed by atoms with van der Waals surface area (Å²) in [5, 5.41) is 3.64. The van der Waals surface area contributed by atoms with Crippen molar-refractivity contribution in [3.63, 3.8) is 0 Å². The Balaban J connectivity index is 1.12. The van der Waals surface area contributed by atoms with E-state index in [0.717, 1.165) is 0 Å². The van der Waals surface area contributed by atoms with E-state index < -0.39 is 35.4 Å². The van der Waals surface area contributed by atoms with E-state index in [4.69, 9.17) is 0 Å². The van der Waals surface area contributed by atoms with Gasteiger partial charge in [-0.3, -0.25) is 39.6 Å². The summed E-state index contributed by atoms with van der Waals surface area (Å²) >= 11 is 0. The maximum absolute atomic E-state index is 13.1. The number of carbonyl (C=O) groups is 6. The minimum Gasteiger partial charge on any atom is -0.267 e. The van der Waals surface area contributed by atoms with Gasteiger partial charge in [-0.2, -0.15) is 10.0 Å². The highest BCUT2D eigenvalue weighted by molar-refractivity contribution is 6.27. The van der Waals surface area contributed by atoms with Crippen molar-refractivity contribution in [2.45, 2.75) is 0 Å². The van der Waals surface area contributed by atoms with Crippen LogP contribution in [-0.2, 0) is 0 Å². The molecule has 2 aliphatic rings. The molecule has 5 aromatic rings. The highest BCUT2D eigenvalue weighted by atomic mass is 16.2. The first-order chi connectivity index (χ1) is 20.3. The van der Waals surface area contributed by atoms with Crippen LogP contribution in [0.25, 0.3) is 21.5 Å². The van der Waals surface area contributed by atoms with E-state index >= 15 is 0 Å². The SMILES string of the molecule is O=C(NN1C(=O)c2cccc3cccc(c23)C1=O)c1cccc(C(=O)NN2C(=O)c3cccc4cccc(c34)C2=O)n1. The predicted octanol–water partition coefficient (Wildman–Crippen LogP) is 3.27. The summed E-state index contributed by atoms with van der Waals surface area (Å²) in [7, 11) is 0. The van der Waals surface area contributed by atoms with Gasteiger partial charge < -0.3 is 0 Å². The molecule has 0 radical (unpaired) electrons. The highest BCUT2D eigenvalue weighted by Gasteiger charge is 2.36. The highest BCUT2D eigenvalue weighted by Crippen LogP contribution is 2.30. The van der Waals surface area contributed by atoms with Crippen LogP contribution >= 0.6 is 0 Å². The average molecular weight is 556 g/mol. The minimum atomic E-state index is -0.927. The summed E-state index contributed by atoms with van der Waals surface area (Å²) in [5.74, 6) is -4.73. The van der Waals surface area contributed by atoms with Crippen LogP contribution in [0.4, 0.5) is 0 Å². The molecule has 2 aliphatic heterocycles. The van der Waals surface area contributed by atoms with Crippen molar-refractivity contribution in [3.8, 4) is 0 Å². The van der Waals surface area contributed by atoms with Crippen molar-refractivity contribution in [1.29, 1.82) is 0 Å². The van der Waals surface area contributed by atoms with Crippen molar-refractivity contribution in [3.05, 3.63) is 125 Å². The van der Waals surface area contributed by atoms with Gasteiger partial charge in [-0.1, -0.05) is 54.6 Å². The fraction of sp³-hybridized carbons (Fsp3) is 0. The standard InChI is InChI=1S/C31H17N5O6/c37-26(33-35-28(39)18-10-1-6-16-7-2-11-19(24(16)18)29(35)40)22-14-5-15-23(32-22)27(38)34-36-30(41)20-12-3-8-17-9-4-13-21(25(17)20)31(36)42/h1-15H,(H,33,37)(H,34,38). The molecule has 0 saturated carbocycles. The van der Waals surface area contributed by atoms with Gasteiger partial charge in [0, 0.05) is 10.8 Å². The van der Waals surface area contributed by atoms with Gasteiger partial charge in [0.2, 0.25) is 0 Å². The Morgan fingerprint density at radius 1 is 0.476 bits per heavy atom. The van der Waals surface area contributed by atoms with E-state index in [9.17, 15) is 28.8 Å². The number of carbonyl (C=O) groups excluding carboxylic acids is 6. The Morgan fingerprint density at radius 3 is 1.12 bits per heavy atom. The monoisotopic (exact) mass is 555 g/mol. The number of imide groups is 2. The molecule has 6 amide bonds. The van der Waals surface area contributed by atoms with Crippen molar-refractivity contribution < 1.29 is 28.8 Å². The van der Waals surface area contributed by atoms with Gasteiger partial charge in [-0.05, 0) is 47.2 Å². The van der Waals surface area contributed by atoms with Crippen LogP contribution in [0.15, 0.2) is 91.0 Å². The molecule has 2 N–H and O–H groups in total. The number of hydrogen-bond acceptors (Lipinski definition) is 7. The molecule has 0 bridgehead atoms. The number of amides is 6. The first kappa shape index (κ1) is 24.8. The predicted molar refractivity (Wildman–Crippen MR) is 148 cm³/mol. The summed E-state index contributed by atoms with van der Waals surface area (Å²) in [5.41, 5.74) is 4.99. The Bertz CT molecular complexity index is 1840. The first-order valence-corrected chi connectivity index (χ1v) is 12.7. The molecule has 0 spiro atoms. The smallest absolute Gasteiger partial charge is 0.267 e. The number of nitrogens with one attached hydrogen (secondary N) is 2. The third-order valence-electron chi connectivity index (χ3n) is 7.18. The summed E-state index contributed by atoms with van der Waals surface area (Å²) in [6, 6.07) is 24.0. The molecule has 0 unspecified atom stereocenters. The number of benzene rings is 4. The Kier molecular flexibility index (Phi) is 5.41. The van der Waals surface area contributed by atoms with E-state index in [2.05, 4.69) is 15.8 Å². The molecule has 3 heterocycles. The van der Waals surface area contributed by atoms with Gasteiger partial charge in [-0.25, -0.2) is 4.98 Å². The van der Waals surface area contributed by atoms with E-state index in [1.54, 1.807) is 72.8 Å². The average Bonchev–Trinajstić information content (AvgIpc) is 3.02. The molecule has 202 valence electrons. The maximum atomic E-state index is 13.1. The molecule has 7 rings (SSSR count). The zero-order valence-corrected chi connectivity index (χ0v) is 21.5. The number of aromatic nitrogens is 1. The lowest BCUT2D eigenvalue weighted by atomic mass is 9.95. The van der Waals surface area contributed by atoms with Crippen LogP contribution in [0.5, 0.6) is 0 Å². The van der Waals surface area contributed by atoms with E-state index in [0.29, 0.717) is 31.6 Å². The first-order valence-electron chi connectivity index (χ1n) is 12.7. The van der Waals surface area contributed by atoms with E-state index in [1.807, 2.05) is 0 Å². The van der Waals surface area contributed by atoms with Gasteiger partial charge in [0.1, 0.15) is 11.4 Å². The molecule has 0 aliphatic carbocycles. The van der Waals surface area contributed by atoms with Crippen molar-refractivity contribution >= 4 is 57.0 Å². The normalized spacial score (nSPS) is 14.0. The summed E-state index contributed by atoms with van der Waals surface area (Å²) in [4.78, 5) is 82.8. The zero-order valence-electron chi connectivity index (χ0n) is 21.5. The lowest BCUT2D eigenvalue weighted by Gasteiger charge is -2.27. The molecule has 11 nitrogen and oxygen atoms in total. The van der Waals surface area contributed by atoms with Crippen LogP contribution in [0, 0.1) is 0 Å². The van der Waals surface area contributed by atoms with Crippen molar-refractivity contribution in [1.82, 2.24) is 25.9 Å². The summed E-state index contributed by atoms with van der Waals surface area (Å²) in [6.07, 6.45) is 0. The van der Waals surface area contributed by atoms with Gasteiger partial charge in [-0.15, -0.1) is 0 Å². The maximum Gasteiger partial charge on any atom is 0.288 e. The van der Waals surface area contributed by atoms with Crippen LogP contribution in [0.2, 0.25) is 0 Å². The van der Waals surface area contributed by atoms with Crippen molar-refractivity contribution in [2.24, 2.45) is 0 Å². The van der Waals surface area contributed by atoms with Gasteiger partial charge in [0.25, 0.3) is 35.4 Å². The number of hydrogen-bond donors (Lipinski definition) is 2. The van der Waals surface area contributed by atoms with Crippen LogP contribution < -0.4 is 10.9 Å². The molecule has 42 heavy (non-hydrogen) atoms.